The number of rotatable bonds is 5. The van der Waals surface area contributed by atoms with E-state index >= 15 is 0 Å². The molecule has 0 spiro atoms. The Labute approximate surface area is 163 Å². The minimum atomic E-state index is -1.05. The molecule has 0 saturated heterocycles. The molecule has 0 aliphatic heterocycles. The summed E-state index contributed by atoms with van der Waals surface area (Å²) >= 11 is 1.14. The van der Waals surface area contributed by atoms with Gasteiger partial charge in [0, 0.05) is 17.5 Å². The Hall–Kier alpha value is -2.87. The van der Waals surface area contributed by atoms with Gasteiger partial charge in [-0.15, -0.1) is 10.2 Å². The van der Waals surface area contributed by atoms with E-state index < -0.39 is 16.9 Å². The molecule has 28 heavy (non-hydrogen) atoms. The Morgan fingerprint density at radius 1 is 1.14 bits per heavy atom. The van der Waals surface area contributed by atoms with E-state index in [1.165, 1.54) is 6.07 Å². The lowest BCUT2D eigenvalue weighted by Gasteiger charge is -2.09. The van der Waals surface area contributed by atoms with E-state index in [1.807, 2.05) is 35.8 Å². The fourth-order valence-corrected chi connectivity index (χ4v) is 3.94. The lowest BCUT2D eigenvalue weighted by Crippen LogP contribution is -2.15. The first kappa shape index (κ1) is 18.5. The van der Waals surface area contributed by atoms with Crippen LogP contribution in [0.4, 0.5) is 8.78 Å². The Bertz CT molecular complexity index is 1210. The number of para-hydroxylation sites is 1. The SMILES string of the molecule is CCn1c2ccccc2c2nnc(SC(C)C(=O)c3ccc(F)c(F)c3)nc21. The highest BCUT2D eigenvalue weighted by Gasteiger charge is 2.21. The lowest BCUT2D eigenvalue weighted by molar-refractivity contribution is 0.0993. The van der Waals surface area contributed by atoms with Gasteiger partial charge in [-0.05, 0) is 38.1 Å². The molecule has 5 nitrogen and oxygen atoms in total. The van der Waals surface area contributed by atoms with Crippen molar-refractivity contribution < 1.29 is 13.6 Å². The predicted molar refractivity (Wildman–Crippen MR) is 105 cm³/mol. The molecule has 4 rings (SSSR count). The maximum absolute atomic E-state index is 13.4. The van der Waals surface area contributed by atoms with Crippen LogP contribution in [0.25, 0.3) is 22.1 Å². The molecule has 1 atom stereocenters. The van der Waals surface area contributed by atoms with Gasteiger partial charge < -0.3 is 4.57 Å². The highest BCUT2D eigenvalue weighted by Crippen LogP contribution is 2.29. The molecule has 0 amide bonds. The average molecular weight is 398 g/mol. The number of Topliss-reactive ketones (excluding diaryl/α,β-unsaturated/α-hetero) is 1. The highest BCUT2D eigenvalue weighted by molar-refractivity contribution is 8.00. The molecule has 2 heterocycles. The highest BCUT2D eigenvalue weighted by atomic mass is 32.2. The van der Waals surface area contributed by atoms with Crippen LogP contribution in [0.1, 0.15) is 24.2 Å². The summed E-state index contributed by atoms with van der Waals surface area (Å²) in [5.41, 5.74) is 2.54. The van der Waals surface area contributed by atoms with E-state index in [2.05, 4.69) is 15.2 Å². The maximum Gasteiger partial charge on any atom is 0.211 e. The third-order valence-electron chi connectivity index (χ3n) is 4.53. The zero-order valence-corrected chi connectivity index (χ0v) is 16.0. The summed E-state index contributed by atoms with van der Waals surface area (Å²) in [7, 11) is 0. The van der Waals surface area contributed by atoms with Gasteiger partial charge in [-0.25, -0.2) is 13.8 Å². The molecular formula is C20H16F2N4OS. The molecule has 4 aromatic rings. The molecule has 2 aromatic heterocycles. The molecule has 2 aromatic carbocycles. The van der Waals surface area contributed by atoms with Crippen LogP contribution in [-0.4, -0.2) is 30.8 Å². The van der Waals surface area contributed by atoms with Gasteiger partial charge in [-0.1, -0.05) is 30.0 Å². The fourth-order valence-electron chi connectivity index (χ4n) is 3.16. The summed E-state index contributed by atoms with van der Waals surface area (Å²) in [6, 6.07) is 11.0. The predicted octanol–water partition coefficient (Wildman–Crippen LogP) is 4.64. The van der Waals surface area contributed by atoms with Gasteiger partial charge in [0.15, 0.2) is 23.1 Å². The van der Waals surface area contributed by atoms with Gasteiger partial charge in [-0.2, -0.15) is 0 Å². The minimum Gasteiger partial charge on any atom is -0.324 e. The van der Waals surface area contributed by atoms with E-state index in [0.29, 0.717) is 16.3 Å². The lowest BCUT2D eigenvalue weighted by atomic mass is 10.1. The van der Waals surface area contributed by atoms with Gasteiger partial charge >= 0.3 is 0 Å². The molecule has 8 heteroatoms. The Morgan fingerprint density at radius 3 is 2.68 bits per heavy atom. The molecule has 0 aliphatic carbocycles. The number of carbonyl (C=O) groups is 1. The third kappa shape index (κ3) is 3.13. The monoisotopic (exact) mass is 398 g/mol. The van der Waals surface area contributed by atoms with Crippen molar-refractivity contribution in [1.82, 2.24) is 19.7 Å². The first-order valence-corrected chi connectivity index (χ1v) is 9.65. The second kappa shape index (κ2) is 7.27. The third-order valence-corrected chi connectivity index (χ3v) is 5.48. The van der Waals surface area contributed by atoms with Crippen molar-refractivity contribution in [2.24, 2.45) is 0 Å². The molecule has 0 aliphatic rings. The standard InChI is InChI=1S/C20H16F2N4OS/c1-3-26-16-7-5-4-6-13(16)17-19(26)23-20(25-24-17)28-11(2)18(27)12-8-9-14(21)15(22)10-12/h4-11H,3H2,1-2H3. The number of ketones is 1. The van der Waals surface area contributed by atoms with Crippen molar-refractivity contribution in [3.8, 4) is 0 Å². The Morgan fingerprint density at radius 2 is 1.93 bits per heavy atom. The van der Waals surface area contributed by atoms with Crippen LogP contribution in [0.3, 0.4) is 0 Å². The normalized spacial score (nSPS) is 12.6. The minimum absolute atomic E-state index is 0.107. The summed E-state index contributed by atoms with van der Waals surface area (Å²) in [5.74, 6) is -2.36. The number of halogens is 2. The maximum atomic E-state index is 13.4. The first-order chi connectivity index (χ1) is 13.5. The van der Waals surface area contributed by atoms with Gasteiger partial charge in [0.25, 0.3) is 0 Å². The van der Waals surface area contributed by atoms with E-state index in [1.54, 1.807) is 6.92 Å². The quantitative estimate of drug-likeness (QED) is 0.362. The number of aryl methyl sites for hydroxylation is 1. The van der Waals surface area contributed by atoms with E-state index in [9.17, 15) is 13.6 Å². The number of aromatic nitrogens is 4. The Kier molecular flexibility index (Phi) is 4.80. The molecule has 0 fully saturated rings. The number of benzene rings is 2. The van der Waals surface area contributed by atoms with Crippen molar-refractivity contribution in [2.45, 2.75) is 30.8 Å². The van der Waals surface area contributed by atoms with Gasteiger partial charge in [0.05, 0.1) is 10.8 Å². The van der Waals surface area contributed by atoms with Crippen molar-refractivity contribution in [2.75, 3.05) is 0 Å². The average Bonchev–Trinajstić information content (AvgIpc) is 3.02. The molecule has 142 valence electrons. The van der Waals surface area contributed by atoms with Gasteiger partial charge in [-0.3, -0.25) is 4.79 Å². The molecule has 0 N–H and O–H groups in total. The second-order valence-corrected chi connectivity index (χ2v) is 7.59. The zero-order chi connectivity index (χ0) is 19.8. The summed E-state index contributed by atoms with van der Waals surface area (Å²) in [4.78, 5) is 17.1. The summed E-state index contributed by atoms with van der Waals surface area (Å²) in [5, 5.41) is 9.22. The number of fused-ring (bicyclic) bond motifs is 3. The smallest absolute Gasteiger partial charge is 0.211 e. The van der Waals surface area contributed by atoms with Crippen molar-refractivity contribution in [3.05, 3.63) is 59.7 Å². The summed E-state index contributed by atoms with van der Waals surface area (Å²) < 4.78 is 28.6. The van der Waals surface area contributed by atoms with Gasteiger partial charge in [0.1, 0.15) is 5.52 Å². The number of nitrogens with zero attached hydrogens (tertiary/aromatic N) is 4. The van der Waals surface area contributed by atoms with Crippen molar-refractivity contribution >= 4 is 39.6 Å². The van der Waals surface area contributed by atoms with E-state index in [-0.39, 0.29) is 11.3 Å². The van der Waals surface area contributed by atoms with Gasteiger partial charge in [0.2, 0.25) is 5.16 Å². The largest absolute Gasteiger partial charge is 0.324 e. The zero-order valence-electron chi connectivity index (χ0n) is 15.2. The summed E-state index contributed by atoms with van der Waals surface area (Å²) in [6.45, 7) is 4.42. The summed E-state index contributed by atoms with van der Waals surface area (Å²) in [6.07, 6.45) is 0. The van der Waals surface area contributed by atoms with Crippen molar-refractivity contribution in [1.29, 1.82) is 0 Å². The van der Waals surface area contributed by atoms with Crippen LogP contribution in [0.15, 0.2) is 47.6 Å². The first-order valence-electron chi connectivity index (χ1n) is 8.77. The second-order valence-electron chi connectivity index (χ2n) is 6.28. The van der Waals surface area contributed by atoms with Crippen LogP contribution in [0.5, 0.6) is 0 Å². The van der Waals surface area contributed by atoms with Crippen LogP contribution in [0, 0.1) is 11.6 Å². The Balaban J connectivity index is 1.66. The number of hydrogen-bond acceptors (Lipinski definition) is 5. The molecule has 0 bridgehead atoms. The molecule has 1 unspecified atom stereocenters. The number of carbonyl (C=O) groups excluding carboxylic acids is 1. The van der Waals surface area contributed by atoms with Crippen LogP contribution >= 0.6 is 11.8 Å². The van der Waals surface area contributed by atoms with Crippen LogP contribution in [0.2, 0.25) is 0 Å². The molecular weight excluding hydrogens is 382 g/mol. The van der Waals surface area contributed by atoms with Crippen molar-refractivity contribution in [3.63, 3.8) is 0 Å². The fraction of sp³-hybridized carbons (Fsp3) is 0.200. The van der Waals surface area contributed by atoms with E-state index in [0.717, 1.165) is 41.3 Å². The molecule has 0 saturated carbocycles. The number of hydrogen-bond donors (Lipinski definition) is 0. The number of thioether (sulfide) groups is 1. The van der Waals surface area contributed by atoms with Crippen LogP contribution < -0.4 is 0 Å². The van der Waals surface area contributed by atoms with Crippen LogP contribution in [-0.2, 0) is 6.54 Å². The topological polar surface area (TPSA) is 60.7 Å². The van der Waals surface area contributed by atoms with E-state index in [4.69, 9.17) is 0 Å². The molecule has 0 radical (unpaired) electrons.